The molecule has 0 radical (unpaired) electrons. The van der Waals surface area contributed by atoms with Gasteiger partial charge in [0.15, 0.2) is 0 Å². The summed E-state index contributed by atoms with van der Waals surface area (Å²) in [4.78, 5) is 34.5. The van der Waals surface area contributed by atoms with Crippen LogP contribution in [0.4, 0.5) is 0 Å². The molecule has 0 unspecified atom stereocenters. The number of carbonyl (C=O) groups excluding carboxylic acids is 2. The van der Waals surface area contributed by atoms with Crippen molar-refractivity contribution in [1.29, 1.82) is 10.5 Å². The molecular weight excluding hydrogens is 537 g/mol. The van der Waals surface area contributed by atoms with Gasteiger partial charge in [-0.25, -0.2) is 0 Å². The van der Waals surface area contributed by atoms with Crippen LogP contribution in [0, 0.1) is 22.7 Å². The smallest absolute Gasteiger partial charge is 0.261 e. The maximum Gasteiger partial charge on any atom is 0.261 e. The van der Waals surface area contributed by atoms with Crippen LogP contribution in [0.5, 0.6) is 0 Å². The Balaban J connectivity index is 1.71. The molecule has 2 amide bonds. The van der Waals surface area contributed by atoms with E-state index in [-0.39, 0.29) is 11.8 Å². The number of amides is 2. The SMILES string of the molecule is CCCCCCCCN1C(=O)C2=C(c3ccc(C#N)s3)N(CCCCCCCC)C(=O)C2=C1c1ccc(C#N)s1. The summed E-state index contributed by atoms with van der Waals surface area (Å²) in [6, 6.07) is 11.6. The Labute approximate surface area is 246 Å². The molecule has 6 nitrogen and oxygen atoms in total. The fourth-order valence-electron chi connectivity index (χ4n) is 5.49. The molecule has 0 saturated heterocycles. The van der Waals surface area contributed by atoms with E-state index in [0.29, 0.717) is 45.4 Å². The third kappa shape index (κ3) is 6.40. The van der Waals surface area contributed by atoms with Crippen molar-refractivity contribution in [3.8, 4) is 12.1 Å². The van der Waals surface area contributed by atoms with Gasteiger partial charge in [-0.15, -0.1) is 22.7 Å². The van der Waals surface area contributed by atoms with Crippen molar-refractivity contribution < 1.29 is 9.59 Å². The van der Waals surface area contributed by atoms with Crippen molar-refractivity contribution in [2.45, 2.75) is 90.9 Å². The van der Waals surface area contributed by atoms with Crippen LogP contribution in [-0.4, -0.2) is 34.7 Å². The molecule has 0 spiro atoms. The Hall–Kier alpha value is -3.20. The zero-order chi connectivity index (χ0) is 28.5. The number of nitrogens with zero attached hydrogens (tertiary/aromatic N) is 4. The molecule has 0 N–H and O–H groups in total. The highest BCUT2D eigenvalue weighted by atomic mass is 32.1. The molecule has 2 aliphatic heterocycles. The van der Waals surface area contributed by atoms with Gasteiger partial charge in [0, 0.05) is 13.1 Å². The van der Waals surface area contributed by atoms with Crippen LogP contribution in [0.1, 0.15) is 110 Å². The highest BCUT2D eigenvalue weighted by molar-refractivity contribution is 7.14. The van der Waals surface area contributed by atoms with E-state index in [0.717, 1.165) is 48.3 Å². The molecule has 0 saturated carbocycles. The van der Waals surface area contributed by atoms with E-state index in [4.69, 9.17) is 0 Å². The number of hydrogen-bond donors (Lipinski definition) is 0. The monoisotopic (exact) mass is 574 g/mol. The number of thiophene rings is 2. The molecule has 0 aromatic carbocycles. The maximum absolute atomic E-state index is 14.1. The number of carbonyl (C=O) groups is 2. The summed E-state index contributed by atoms with van der Waals surface area (Å²) >= 11 is 2.65. The van der Waals surface area contributed by atoms with Gasteiger partial charge in [0.1, 0.15) is 21.9 Å². The quantitative estimate of drug-likeness (QED) is 0.190. The first-order valence-corrected chi connectivity index (χ1v) is 16.3. The zero-order valence-corrected chi connectivity index (χ0v) is 25.3. The van der Waals surface area contributed by atoms with E-state index in [9.17, 15) is 20.1 Å². The van der Waals surface area contributed by atoms with Crippen LogP contribution in [-0.2, 0) is 9.59 Å². The fourth-order valence-corrected chi connectivity index (χ4v) is 7.21. The number of hydrogen-bond acceptors (Lipinski definition) is 6. The number of unbranched alkanes of at least 4 members (excludes halogenated alkanes) is 10. The number of rotatable bonds is 16. The second-order valence-electron chi connectivity index (χ2n) is 10.4. The van der Waals surface area contributed by atoms with Crippen LogP contribution < -0.4 is 0 Å². The average molecular weight is 575 g/mol. The van der Waals surface area contributed by atoms with Crippen molar-refractivity contribution in [1.82, 2.24) is 9.80 Å². The van der Waals surface area contributed by atoms with Crippen molar-refractivity contribution >= 4 is 45.9 Å². The minimum atomic E-state index is -0.147. The molecule has 4 heterocycles. The lowest BCUT2D eigenvalue weighted by Crippen LogP contribution is -2.30. The Morgan fingerprint density at radius 2 is 0.975 bits per heavy atom. The average Bonchev–Trinajstić information content (AvgIpc) is 3.74. The van der Waals surface area contributed by atoms with Crippen LogP contribution in [0.25, 0.3) is 11.4 Å². The molecule has 0 fully saturated rings. The summed E-state index contributed by atoms with van der Waals surface area (Å²) in [6.45, 7) is 5.47. The van der Waals surface area contributed by atoms with Crippen molar-refractivity contribution in [2.75, 3.05) is 13.1 Å². The Kier molecular flexibility index (Phi) is 10.7. The largest absolute Gasteiger partial charge is 0.306 e. The van der Waals surface area contributed by atoms with E-state index in [2.05, 4.69) is 26.0 Å². The van der Waals surface area contributed by atoms with Gasteiger partial charge < -0.3 is 9.80 Å². The first kappa shape index (κ1) is 29.8. The van der Waals surface area contributed by atoms with Gasteiger partial charge in [0.05, 0.1) is 32.3 Å². The van der Waals surface area contributed by atoms with Crippen molar-refractivity contribution in [2.24, 2.45) is 0 Å². The second kappa shape index (κ2) is 14.4. The lowest BCUT2D eigenvalue weighted by atomic mass is 10.1. The summed E-state index contributed by atoms with van der Waals surface area (Å²) < 4.78 is 0. The molecule has 0 aliphatic carbocycles. The van der Waals surface area contributed by atoms with Crippen LogP contribution in [0.3, 0.4) is 0 Å². The molecule has 40 heavy (non-hydrogen) atoms. The standard InChI is InChI=1S/C32H38N4O2S2/c1-3-5-7-9-11-13-19-35-29(25-17-15-23(21-33)39-25)27-28(31(35)37)30(26-18-16-24(22-34)40-26)36(32(27)38)20-14-12-10-8-6-4-2/h15-18H,3-14,19-20H2,1-2H3. The minimum absolute atomic E-state index is 0.147. The van der Waals surface area contributed by atoms with Crippen LogP contribution in [0.15, 0.2) is 35.4 Å². The second-order valence-corrected chi connectivity index (χ2v) is 12.6. The molecule has 210 valence electrons. The molecule has 2 aromatic heterocycles. The molecule has 0 atom stereocenters. The molecule has 4 rings (SSSR count). The third-order valence-corrected chi connectivity index (χ3v) is 9.54. The molecule has 8 heteroatoms. The Morgan fingerprint density at radius 1 is 0.600 bits per heavy atom. The zero-order valence-electron chi connectivity index (χ0n) is 23.6. The van der Waals surface area contributed by atoms with Gasteiger partial charge in [0.25, 0.3) is 11.8 Å². The molecular formula is C32H38N4O2S2. The molecule has 2 aromatic rings. The van der Waals surface area contributed by atoms with Crippen LogP contribution in [0.2, 0.25) is 0 Å². The molecule has 0 bridgehead atoms. The maximum atomic E-state index is 14.1. The van der Waals surface area contributed by atoms with E-state index >= 15 is 0 Å². The summed E-state index contributed by atoms with van der Waals surface area (Å²) in [7, 11) is 0. The summed E-state index contributed by atoms with van der Waals surface area (Å²) in [5.41, 5.74) is 2.19. The van der Waals surface area contributed by atoms with E-state index in [1.165, 1.54) is 61.2 Å². The Morgan fingerprint density at radius 3 is 1.32 bits per heavy atom. The van der Waals surface area contributed by atoms with E-state index < -0.39 is 0 Å². The summed E-state index contributed by atoms with van der Waals surface area (Å²) in [5.74, 6) is -0.294. The van der Waals surface area contributed by atoms with Crippen molar-refractivity contribution in [3.05, 3.63) is 54.9 Å². The Bertz CT molecular complexity index is 1260. The lowest BCUT2D eigenvalue weighted by Gasteiger charge is -2.24. The van der Waals surface area contributed by atoms with Crippen molar-refractivity contribution in [3.63, 3.8) is 0 Å². The minimum Gasteiger partial charge on any atom is -0.306 e. The molecule has 2 aliphatic rings. The number of nitriles is 2. The van der Waals surface area contributed by atoms with Gasteiger partial charge in [0.2, 0.25) is 0 Å². The first-order valence-electron chi connectivity index (χ1n) is 14.7. The van der Waals surface area contributed by atoms with E-state index in [1.807, 2.05) is 12.1 Å². The predicted molar refractivity (Wildman–Crippen MR) is 162 cm³/mol. The topological polar surface area (TPSA) is 88.2 Å². The third-order valence-electron chi connectivity index (χ3n) is 7.55. The summed E-state index contributed by atoms with van der Waals surface area (Å²) in [5, 5.41) is 19.0. The number of fused-ring (bicyclic) bond motifs is 1. The van der Waals surface area contributed by atoms with Gasteiger partial charge in [-0.1, -0.05) is 78.1 Å². The van der Waals surface area contributed by atoms with Gasteiger partial charge >= 0.3 is 0 Å². The first-order chi connectivity index (χ1) is 19.5. The normalized spacial score (nSPS) is 14.9. The fraction of sp³-hybridized carbons (Fsp3) is 0.500. The van der Waals surface area contributed by atoms with Gasteiger partial charge in [-0.05, 0) is 37.1 Å². The highest BCUT2D eigenvalue weighted by Crippen LogP contribution is 2.48. The van der Waals surface area contributed by atoms with E-state index in [1.54, 1.807) is 21.9 Å². The predicted octanol–water partition coefficient (Wildman–Crippen LogP) is 8.08. The lowest BCUT2D eigenvalue weighted by molar-refractivity contribution is -0.124. The van der Waals surface area contributed by atoms with Gasteiger partial charge in [-0.3, -0.25) is 9.59 Å². The highest BCUT2D eigenvalue weighted by Gasteiger charge is 2.49. The van der Waals surface area contributed by atoms with Gasteiger partial charge in [-0.2, -0.15) is 10.5 Å². The van der Waals surface area contributed by atoms with Crippen LogP contribution >= 0.6 is 22.7 Å². The summed E-state index contributed by atoms with van der Waals surface area (Å²) in [6.07, 6.45) is 13.2.